The van der Waals surface area contributed by atoms with E-state index < -0.39 is 5.91 Å². The van der Waals surface area contributed by atoms with E-state index in [9.17, 15) is 4.79 Å². The van der Waals surface area contributed by atoms with Crippen molar-refractivity contribution >= 4 is 34.9 Å². The van der Waals surface area contributed by atoms with Crippen LogP contribution in [0.15, 0.2) is 41.3 Å². The predicted octanol–water partition coefficient (Wildman–Crippen LogP) is 4.07. The second-order valence-corrected chi connectivity index (χ2v) is 6.14. The maximum Gasteiger partial charge on any atom is 0.279 e. The van der Waals surface area contributed by atoms with Gasteiger partial charge >= 0.3 is 0 Å². The molecule has 1 N–H and O–H groups in total. The molecular formula is C17H11Cl2N3O4. The molecule has 1 aliphatic rings. The van der Waals surface area contributed by atoms with Crippen LogP contribution in [0, 0.1) is 0 Å². The van der Waals surface area contributed by atoms with Gasteiger partial charge < -0.3 is 19.2 Å². The van der Waals surface area contributed by atoms with Gasteiger partial charge in [-0.15, -0.1) is 0 Å². The maximum absolute atomic E-state index is 12.5. The van der Waals surface area contributed by atoms with E-state index in [4.69, 9.17) is 37.1 Å². The van der Waals surface area contributed by atoms with E-state index in [0.717, 1.165) is 0 Å². The van der Waals surface area contributed by atoms with Crippen LogP contribution in [0.25, 0.3) is 11.3 Å². The number of hydrogen-bond acceptors (Lipinski definition) is 6. The van der Waals surface area contributed by atoms with E-state index in [2.05, 4.69) is 15.3 Å². The number of aromatic nitrogens is 2. The summed E-state index contributed by atoms with van der Waals surface area (Å²) in [7, 11) is 0. The Balaban J connectivity index is 1.62. The molecule has 3 heterocycles. The maximum atomic E-state index is 12.5. The molecule has 0 aliphatic carbocycles. The fourth-order valence-electron chi connectivity index (χ4n) is 2.46. The van der Waals surface area contributed by atoms with E-state index in [0.29, 0.717) is 41.1 Å². The number of oxazole rings is 1. The Kier molecular flexibility index (Phi) is 4.40. The molecule has 7 nitrogen and oxygen atoms in total. The minimum Gasteiger partial charge on any atom is -0.486 e. The van der Waals surface area contributed by atoms with Crippen LogP contribution < -0.4 is 14.8 Å². The summed E-state index contributed by atoms with van der Waals surface area (Å²) < 4.78 is 16.5. The summed E-state index contributed by atoms with van der Waals surface area (Å²) in [5.41, 5.74) is 0.744. The van der Waals surface area contributed by atoms with Crippen LogP contribution in [-0.4, -0.2) is 29.1 Å². The summed E-state index contributed by atoms with van der Waals surface area (Å²) in [4.78, 5) is 20.6. The summed E-state index contributed by atoms with van der Waals surface area (Å²) in [5, 5.41) is 3.19. The molecule has 0 bridgehead atoms. The average Bonchev–Trinajstić information content (AvgIpc) is 3.14. The van der Waals surface area contributed by atoms with Gasteiger partial charge in [-0.25, -0.2) is 9.97 Å². The van der Waals surface area contributed by atoms with Crippen molar-refractivity contribution in [3.63, 3.8) is 0 Å². The third kappa shape index (κ3) is 3.18. The lowest BCUT2D eigenvalue weighted by Crippen LogP contribution is -2.15. The number of pyridine rings is 1. The molecule has 0 saturated carbocycles. The molecule has 26 heavy (non-hydrogen) atoms. The Morgan fingerprint density at radius 2 is 1.85 bits per heavy atom. The molecule has 1 aliphatic heterocycles. The number of hydrogen-bond donors (Lipinski definition) is 1. The zero-order valence-corrected chi connectivity index (χ0v) is 14.7. The summed E-state index contributed by atoms with van der Waals surface area (Å²) >= 11 is 11.8. The highest BCUT2D eigenvalue weighted by Gasteiger charge is 2.21. The van der Waals surface area contributed by atoms with E-state index >= 15 is 0 Å². The molecule has 0 radical (unpaired) electrons. The summed E-state index contributed by atoms with van der Waals surface area (Å²) in [6.45, 7) is 0.960. The second kappa shape index (κ2) is 6.86. The molecule has 0 saturated heterocycles. The van der Waals surface area contributed by atoms with Crippen molar-refractivity contribution in [2.75, 3.05) is 18.5 Å². The van der Waals surface area contributed by atoms with E-state index in [1.165, 1.54) is 18.7 Å². The topological polar surface area (TPSA) is 86.5 Å². The summed E-state index contributed by atoms with van der Waals surface area (Å²) in [6, 6.07) is 6.71. The number of nitrogens with one attached hydrogen (secondary N) is 1. The largest absolute Gasteiger partial charge is 0.486 e. The van der Waals surface area contributed by atoms with Crippen molar-refractivity contribution in [2.24, 2.45) is 0 Å². The lowest BCUT2D eigenvalue weighted by atomic mass is 10.1. The SMILES string of the molecule is O=C(Nc1cc(Cl)c(Cl)cn1)c1ncoc1-c1ccc2c(c1)OCCO2. The average molecular weight is 392 g/mol. The molecule has 0 fully saturated rings. The van der Waals surface area contributed by atoms with Crippen molar-refractivity contribution < 1.29 is 18.7 Å². The number of halogens is 2. The zero-order chi connectivity index (χ0) is 18.1. The van der Waals surface area contributed by atoms with Crippen LogP contribution in [0.1, 0.15) is 10.5 Å². The highest BCUT2D eigenvalue weighted by atomic mass is 35.5. The Bertz CT molecular complexity index is 990. The van der Waals surface area contributed by atoms with Crippen LogP contribution in [0.2, 0.25) is 10.0 Å². The van der Waals surface area contributed by atoms with Crippen molar-refractivity contribution in [1.29, 1.82) is 0 Å². The fraction of sp³-hybridized carbons (Fsp3) is 0.118. The number of anilines is 1. The molecule has 1 aromatic carbocycles. The molecule has 4 rings (SSSR count). The standard InChI is InChI=1S/C17H11Cl2N3O4/c18-10-6-14(20-7-11(10)19)22-17(23)15-16(26-8-21-15)9-1-2-12-13(5-9)25-4-3-24-12/h1-2,5-8H,3-4H2,(H,20,22,23). The molecule has 9 heteroatoms. The number of rotatable bonds is 3. The smallest absolute Gasteiger partial charge is 0.279 e. The molecule has 0 spiro atoms. The Hall–Kier alpha value is -2.77. The van der Waals surface area contributed by atoms with Gasteiger partial charge in [0.15, 0.2) is 29.3 Å². The van der Waals surface area contributed by atoms with Crippen molar-refractivity contribution in [3.05, 3.63) is 52.6 Å². The van der Waals surface area contributed by atoms with Crippen molar-refractivity contribution in [3.8, 4) is 22.8 Å². The molecule has 3 aromatic rings. The molecule has 0 atom stereocenters. The second-order valence-electron chi connectivity index (χ2n) is 5.33. The lowest BCUT2D eigenvalue weighted by molar-refractivity contribution is 0.102. The third-order valence-corrected chi connectivity index (χ3v) is 4.35. The van der Waals surface area contributed by atoms with Gasteiger partial charge in [-0.3, -0.25) is 4.79 Å². The molecule has 0 unspecified atom stereocenters. The molecule has 1 amide bonds. The minimum atomic E-state index is -0.491. The van der Waals surface area contributed by atoms with E-state index in [-0.39, 0.29) is 16.5 Å². The van der Waals surface area contributed by atoms with Gasteiger partial charge in [-0.1, -0.05) is 23.2 Å². The van der Waals surface area contributed by atoms with Gasteiger partial charge in [-0.05, 0) is 18.2 Å². The highest BCUT2D eigenvalue weighted by molar-refractivity contribution is 6.42. The third-order valence-electron chi connectivity index (χ3n) is 3.64. The minimum absolute atomic E-state index is 0.106. The fourth-order valence-corrected chi connectivity index (χ4v) is 2.71. The normalized spacial score (nSPS) is 12.7. The van der Waals surface area contributed by atoms with Crippen LogP contribution in [0.5, 0.6) is 11.5 Å². The predicted molar refractivity (Wildman–Crippen MR) is 95.1 cm³/mol. The number of carbonyl (C=O) groups excluding carboxylic acids is 1. The first-order valence-electron chi connectivity index (χ1n) is 7.58. The first-order chi connectivity index (χ1) is 12.6. The Morgan fingerprint density at radius 3 is 2.65 bits per heavy atom. The quantitative estimate of drug-likeness (QED) is 0.723. The number of fused-ring (bicyclic) bond motifs is 1. The number of benzene rings is 1. The number of carbonyl (C=O) groups is 1. The lowest BCUT2D eigenvalue weighted by Gasteiger charge is -2.18. The first-order valence-corrected chi connectivity index (χ1v) is 8.33. The highest BCUT2D eigenvalue weighted by Crippen LogP contribution is 2.35. The number of amides is 1. The Morgan fingerprint density at radius 1 is 1.04 bits per heavy atom. The molecule has 132 valence electrons. The van der Waals surface area contributed by atoms with Crippen LogP contribution in [-0.2, 0) is 0 Å². The van der Waals surface area contributed by atoms with Gasteiger partial charge in [0.25, 0.3) is 5.91 Å². The van der Waals surface area contributed by atoms with Gasteiger partial charge in [0, 0.05) is 17.8 Å². The summed E-state index contributed by atoms with van der Waals surface area (Å²) in [6.07, 6.45) is 2.55. The van der Waals surface area contributed by atoms with Crippen LogP contribution in [0.4, 0.5) is 5.82 Å². The van der Waals surface area contributed by atoms with Crippen LogP contribution >= 0.6 is 23.2 Å². The van der Waals surface area contributed by atoms with E-state index in [1.807, 2.05) is 0 Å². The van der Waals surface area contributed by atoms with Crippen LogP contribution in [0.3, 0.4) is 0 Å². The van der Waals surface area contributed by atoms with Gasteiger partial charge in [-0.2, -0.15) is 0 Å². The first kappa shape index (κ1) is 16.7. The van der Waals surface area contributed by atoms with Crippen molar-refractivity contribution in [2.45, 2.75) is 0 Å². The van der Waals surface area contributed by atoms with Gasteiger partial charge in [0.05, 0.1) is 10.0 Å². The van der Waals surface area contributed by atoms with Crippen molar-refractivity contribution in [1.82, 2.24) is 9.97 Å². The van der Waals surface area contributed by atoms with Gasteiger partial charge in [0.2, 0.25) is 0 Å². The summed E-state index contributed by atoms with van der Waals surface area (Å²) in [5.74, 6) is 1.29. The Labute approximate surface area is 157 Å². The molecular weight excluding hydrogens is 381 g/mol. The zero-order valence-electron chi connectivity index (χ0n) is 13.2. The number of ether oxygens (including phenoxy) is 2. The van der Waals surface area contributed by atoms with Gasteiger partial charge in [0.1, 0.15) is 19.0 Å². The monoisotopic (exact) mass is 391 g/mol. The molecule has 2 aromatic heterocycles. The van der Waals surface area contributed by atoms with E-state index in [1.54, 1.807) is 18.2 Å². The number of nitrogens with zero attached hydrogens (tertiary/aromatic N) is 2.